The van der Waals surface area contributed by atoms with E-state index in [0.29, 0.717) is 19.5 Å². The first-order valence-electron chi connectivity index (χ1n) is 6.52. The van der Waals surface area contributed by atoms with E-state index in [1.807, 2.05) is 36.4 Å². The lowest BCUT2D eigenvalue weighted by Gasteiger charge is -2.24. The van der Waals surface area contributed by atoms with Crippen molar-refractivity contribution in [3.8, 4) is 0 Å². The third-order valence-electron chi connectivity index (χ3n) is 2.94. The number of aromatic nitrogens is 2. The molecule has 5 heteroatoms. The topological polar surface area (TPSA) is 66.3 Å². The van der Waals surface area contributed by atoms with Gasteiger partial charge in [-0.25, -0.2) is 9.97 Å². The second-order valence-corrected chi connectivity index (χ2v) is 4.46. The molecule has 1 heterocycles. The quantitative estimate of drug-likeness (QED) is 0.837. The van der Waals surface area contributed by atoms with Crippen LogP contribution in [0.25, 0.3) is 0 Å². The third-order valence-corrected chi connectivity index (χ3v) is 2.94. The normalized spacial score (nSPS) is 10.2. The van der Waals surface area contributed by atoms with Gasteiger partial charge in [-0.15, -0.1) is 0 Å². The number of rotatable bonds is 7. The van der Waals surface area contributed by atoms with Crippen LogP contribution in [0.4, 0.5) is 5.69 Å². The molecule has 0 unspecified atom stereocenters. The Morgan fingerprint density at radius 3 is 2.65 bits per heavy atom. The van der Waals surface area contributed by atoms with Crippen LogP contribution in [0.1, 0.15) is 18.5 Å². The Morgan fingerprint density at radius 1 is 1.20 bits per heavy atom. The highest BCUT2D eigenvalue weighted by atomic mass is 16.4. The highest BCUT2D eigenvalue weighted by Gasteiger charge is 2.08. The van der Waals surface area contributed by atoms with E-state index in [9.17, 15) is 4.79 Å². The van der Waals surface area contributed by atoms with Crippen LogP contribution >= 0.6 is 0 Å². The van der Waals surface area contributed by atoms with Gasteiger partial charge in [0.15, 0.2) is 0 Å². The van der Waals surface area contributed by atoms with Crippen molar-refractivity contribution < 1.29 is 9.90 Å². The van der Waals surface area contributed by atoms with Crippen molar-refractivity contribution in [2.24, 2.45) is 0 Å². The SMILES string of the molecule is O=C(O)CCCN(Cc1ccncn1)c1ccccc1. The lowest BCUT2D eigenvalue weighted by atomic mass is 10.2. The molecule has 0 atom stereocenters. The average molecular weight is 271 g/mol. The molecule has 0 saturated carbocycles. The van der Waals surface area contributed by atoms with Crippen molar-refractivity contribution >= 4 is 11.7 Å². The van der Waals surface area contributed by atoms with E-state index < -0.39 is 5.97 Å². The molecule has 0 aliphatic carbocycles. The molecule has 0 amide bonds. The molecule has 5 nitrogen and oxygen atoms in total. The Hall–Kier alpha value is -2.43. The van der Waals surface area contributed by atoms with Crippen molar-refractivity contribution in [2.45, 2.75) is 19.4 Å². The number of nitrogens with zero attached hydrogens (tertiary/aromatic N) is 3. The number of hydrogen-bond donors (Lipinski definition) is 1. The predicted molar refractivity (Wildman–Crippen MR) is 76.4 cm³/mol. The number of carboxylic acid groups (broad SMARTS) is 1. The summed E-state index contributed by atoms with van der Waals surface area (Å²) in [5, 5.41) is 8.75. The first-order valence-corrected chi connectivity index (χ1v) is 6.52. The van der Waals surface area contributed by atoms with Crippen molar-refractivity contribution in [3.05, 3.63) is 54.6 Å². The number of aliphatic carboxylic acids is 1. The van der Waals surface area contributed by atoms with Crippen LogP contribution in [0, 0.1) is 0 Å². The minimum atomic E-state index is -0.764. The van der Waals surface area contributed by atoms with Crippen LogP contribution in [0.3, 0.4) is 0 Å². The Labute approximate surface area is 117 Å². The number of carbonyl (C=O) groups is 1. The van der Waals surface area contributed by atoms with Gasteiger partial charge in [-0.05, 0) is 24.6 Å². The van der Waals surface area contributed by atoms with Gasteiger partial charge in [0.05, 0.1) is 12.2 Å². The summed E-state index contributed by atoms with van der Waals surface area (Å²) in [5.74, 6) is -0.764. The maximum absolute atomic E-state index is 10.6. The standard InChI is InChI=1S/C15H17N3O2/c19-15(20)7-4-10-18(14-5-2-1-3-6-14)11-13-8-9-16-12-17-13/h1-3,5-6,8-9,12H,4,7,10-11H2,(H,19,20). The fourth-order valence-corrected chi connectivity index (χ4v) is 1.97. The maximum Gasteiger partial charge on any atom is 0.303 e. The Morgan fingerprint density at radius 2 is 2.00 bits per heavy atom. The Bertz CT molecular complexity index is 531. The largest absolute Gasteiger partial charge is 0.481 e. The first kappa shape index (κ1) is 14.0. The van der Waals surface area contributed by atoms with Crippen molar-refractivity contribution in [1.82, 2.24) is 9.97 Å². The summed E-state index contributed by atoms with van der Waals surface area (Å²) in [4.78, 5) is 20.9. The molecule has 0 fully saturated rings. The molecule has 1 aromatic heterocycles. The molecular weight excluding hydrogens is 254 g/mol. The van der Waals surface area contributed by atoms with Crippen molar-refractivity contribution in [3.63, 3.8) is 0 Å². The number of anilines is 1. The fraction of sp³-hybridized carbons (Fsp3) is 0.267. The van der Waals surface area contributed by atoms with E-state index in [4.69, 9.17) is 5.11 Å². The van der Waals surface area contributed by atoms with Gasteiger partial charge in [-0.1, -0.05) is 18.2 Å². The molecule has 1 aromatic carbocycles. The zero-order chi connectivity index (χ0) is 14.2. The molecule has 1 N–H and O–H groups in total. The minimum absolute atomic E-state index is 0.174. The Kier molecular flexibility index (Phi) is 5.06. The van der Waals surface area contributed by atoms with E-state index in [2.05, 4.69) is 14.9 Å². The Balaban J connectivity index is 2.06. The predicted octanol–water partition coefficient (Wildman–Crippen LogP) is 2.35. The number of para-hydroxylation sites is 1. The zero-order valence-electron chi connectivity index (χ0n) is 11.1. The van der Waals surface area contributed by atoms with Gasteiger partial charge in [0.25, 0.3) is 0 Å². The molecule has 2 aromatic rings. The molecule has 0 bridgehead atoms. The molecule has 104 valence electrons. The summed E-state index contributed by atoms with van der Waals surface area (Å²) < 4.78 is 0. The summed E-state index contributed by atoms with van der Waals surface area (Å²) in [5.41, 5.74) is 1.98. The number of carboxylic acids is 1. The summed E-state index contributed by atoms with van der Waals surface area (Å²) in [6, 6.07) is 11.8. The second kappa shape index (κ2) is 7.23. The molecule has 20 heavy (non-hydrogen) atoms. The van der Waals surface area contributed by atoms with Crippen LogP contribution in [-0.4, -0.2) is 27.6 Å². The number of hydrogen-bond acceptors (Lipinski definition) is 4. The van der Waals surface area contributed by atoms with Crippen LogP contribution in [0.2, 0.25) is 0 Å². The van der Waals surface area contributed by atoms with Gasteiger partial charge in [0.1, 0.15) is 6.33 Å². The van der Waals surface area contributed by atoms with Crippen LogP contribution in [-0.2, 0) is 11.3 Å². The second-order valence-electron chi connectivity index (χ2n) is 4.46. The first-order chi connectivity index (χ1) is 9.75. The molecule has 0 saturated heterocycles. The molecule has 0 radical (unpaired) electrons. The van der Waals surface area contributed by atoms with Gasteiger partial charge in [0, 0.05) is 24.8 Å². The smallest absolute Gasteiger partial charge is 0.303 e. The van der Waals surface area contributed by atoms with Crippen LogP contribution in [0.5, 0.6) is 0 Å². The van der Waals surface area contributed by atoms with Crippen molar-refractivity contribution in [1.29, 1.82) is 0 Å². The van der Waals surface area contributed by atoms with Crippen LogP contribution < -0.4 is 4.90 Å². The van der Waals surface area contributed by atoms with Gasteiger partial charge in [0.2, 0.25) is 0 Å². The lowest BCUT2D eigenvalue weighted by molar-refractivity contribution is -0.137. The molecule has 0 aliphatic rings. The van der Waals surface area contributed by atoms with E-state index in [0.717, 1.165) is 11.4 Å². The monoisotopic (exact) mass is 271 g/mol. The average Bonchev–Trinajstić information content (AvgIpc) is 2.48. The highest BCUT2D eigenvalue weighted by Crippen LogP contribution is 2.16. The molecule has 0 aliphatic heterocycles. The summed E-state index contributed by atoms with van der Waals surface area (Å²) in [7, 11) is 0. The third kappa shape index (κ3) is 4.35. The van der Waals surface area contributed by atoms with E-state index >= 15 is 0 Å². The number of benzene rings is 1. The van der Waals surface area contributed by atoms with Crippen LogP contribution in [0.15, 0.2) is 48.9 Å². The molecular formula is C15H17N3O2. The minimum Gasteiger partial charge on any atom is -0.481 e. The van der Waals surface area contributed by atoms with E-state index in [1.165, 1.54) is 6.33 Å². The van der Waals surface area contributed by atoms with E-state index in [1.54, 1.807) is 6.20 Å². The fourth-order valence-electron chi connectivity index (χ4n) is 1.97. The van der Waals surface area contributed by atoms with E-state index in [-0.39, 0.29) is 6.42 Å². The van der Waals surface area contributed by atoms with Gasteiger partial charge < -0.3 is 10.0 Å². The van der Waals surface area contributed by atoms with Crippen molar-refractivity contribution in [2.75, 3.05) is 11.4 Å². The van der Waals surface area contributed by atoms with Gasteiger partial charge >= 0.3 is 5.97 Å². The lowest BCUT2D eigenvalue weighted by Crippen LogP contribution is -2.24. The van der Waals surface area contributed by atoms with Gasteiger partial charge in [-0.3, -0.25) is 4.79 Å². The zero-order valence-corrected chi connectivity index (χ0v) is 11.1. The highest BCUT2D eigenvalue weighted by molar-refractivity contribution is 5.66. The molecule has 2 rings (SSSR count). The maximum atomic E-state index is 10.6. The summed E-state index contributed by atoms with van der Waals surface area (Å²) in [6.45, 7) is 1.33. The van der Waals surface area contributed by atoms with Gasteiger partial charge in [-0.2, -0.15) is 0 Å². The molecule has 0 spiro atoms. The summed E-state index contributed by atoms with van der Waals surface area (Å²) in [6.07, 6.45) is 4.01. The summed E-state index contributed by atoms with van der Waals surface area (Å²) >= 11 is 0.